The van der Waals surface area contributed by atoms with E-state index in [1.54, 1.807) is 12.1 Å². The summed E-state index contributed by atoms with van der Waals surface area (Å²) < 4.78 is 26.6. The molecule has 1 aliphatic carbocycles. The topological polar surface area (TPSA) is 57.7 Å². The van der Waals surface area contributed by atoms with Crippen LogP contribution >= 0.6 is 0 Å². The summed E-state index contributed by atoms with van der Waals surface area (Å²) in [6, 6.07) is 17.4. The van der Waals surface area contributed by atoms with Crippen molar-refractivity contribution in [3.8, 4) is 0 Å². The summed E-state index contributed by atoms with van der Waals surface area (Å²) in [7, 11) is -3.44. The molecule has 0 radical (unpaired) electrons. The fourth-order valence-corrected chi connectivity index (χ4v) is 4.98. The molecule has 0 unspecified atom stereocenters. The van der Waals surface area contributed by atoms with Gasteiger partial charge in [0.1, 0.15) is 0 Å². The highest BCUT2D eigenvalue weighted by molar-refractivity contribution is 7.89. The van der Waals surface area contributed by atoms with E-state index in [2.05, 4.69) is 12.1 Å². The van der Waals surface area contributed by atoms with Crippen LogP contribution in [0, 0.1) is 0 Å². The fourth-order valence-electron chi connectivity index (χ4n) is 3.52. The summed E-state index contributed by atoms with van der Waals surface area (Å²) in [6.45, 7) is 5.23. The van der Waals surface area contributed by atoms with Crippen LogP contribution in [0.1, 0.15) is 44.2 Å². The van der Waals surface area contributed by atoms with Gasteiger partial charge < -0.3 is 4.90 Å². The molecule has 0 spiro atoms. The van der Waals surface area contributed by atoms with E-state index in [0.717, 1.165) is 24.0 Å². The van der Waals surface area contributed by atoms with Crippen LogP contribution in [-0.4, -0.2) is 42.7 Å². The van der Waals surface area contributed by atoms with Gasteiger partial charge in [0.25, 0.3) is 0 Å². The molecule has 2 aromatic rings. The maximum atomic E-state index is 12.8. The van der Waals surface area contributed by atoms with Crippen LogP contribution in [0.5, 0.6) is 0 Å². The van der Waals surface area contributed by atoms with E-state index in [1.165, 1.54) is 4.31 Å². The monoisotopic (exact) mass is 414 g/mol. The summed E-state index contributed by atoms with van der Waals surface area (Å²) in [5.41, 5.74) is 2.13. The van der Waals surface area contributed by atoms with Crippen molar-refractivity contribution in [2.45, 2.75) is 57.0 Å². The van der Waals surface area contributed by atoms with Crippen molar-refractivity contribution in [3.05, 3.63) is 65.7 Å². The second kappa shape index (κ2) is 9.55. The molecule has 0 N–H and O–H groups in total. The number of amides is 1. The molecule has 3 rings (SSSR count). The Morgan fingerprint density at radius 2 is 1.55 bits per heavy atom. The molecular formula is C23H30N2O3S. The second-order valence-corrected chi connectivity index (χ2v) is 9.41. The molecule has 0 atom stereocenters. The summed E-state index contributed by atoms with van der Waals surface area (Å²) in [5, 5.41) is 0. The second-order valence-electron chi connectivity index (χ2n) is 7.47. The molecule has 156 valence electrons. The van der Waals surface area contributed by atoms with Gasteiger partial charge in [-0.05, 0) is 42.5 Å². The predicted molar refractivity (Wildman–Crippen MR) is 115 cm³/mol. The Kier molecular flexibility index (Phi) is 7.09. The lowest BCUT2D eigenvalue weighted by Crippen LogP contribution is -2.32. The number of carbonyl (C=O) groups is 1. The predicted octanol–water partition coefficient (Wildman–Crippen LogP) is 3.84. The number of hydrogen-bond donors (Lipinski definition) is 0. The van der Waals surface area contributed by atoms with Crippen LogP contribution in [0.15, 0.2) is 59.5 Å². The lowest BCUT2D eigenvalue weighted by Gasteiger charge is -2.23. The molecule has 1 fully saturated rings. The molecule has 0 aromatic heterocycles. The molecular weight excluding hydrogens is 384 g/mol. The Hall–Kier alpha value is -2.18. The van der Waals surface area contributed by atoms with E-state index in [4.69, 9.17) is 0 Å². The Labute approximate surface area is 174 Å². The van der Waals surface area contributed by atoms with E-state index < -0.39 is 10.0 Å². The molecule has 0 bridgehead atoms. The standard InChI is InChI=1S/C23H30N2O3S/c1-3-24(4-2)29(27,28)22-15-10-19(11-16-22)12-17-23(26)25(21-13-14-21)18-20-8-6-5-7-9-20/h5-11,15-16,21H,3-4,12-14,17-18H2,1-2H3. The van der Waals surface area contributed by atoms with E-state index in [1.807, 2.05) is 49.1 Å². The largest absolute Gasteiger partial charge is 0.335 e. The zero-order chi connectivity index (χ0) is 20.9. The average molecular weight is 415 g/mol. The number of benzene rings is 2. The van der Waals surface area contributed by atoms with Crippen LogP contribution in [-0.2, 0) is 27.8 Å². The molecule has 1 saturated carbocycles. The summed E-state index contributed by atoms with van der Waals surface area (Å²) in [5.74, 6) is 0.163. The molecule has 0 heterocycles. The lowest BCUT2D eigenvalue weighted by molar-refractivity contribution is -0.132. The van der Waals surface area contributed by atoms with Gasteiger partial charge in [-0.15, -0.1) is 0 Å². The first-order valence-electron chi connectivity index (χ1n) is 10.4. The summed E-state index contributed by atoms with van der Waals surface area (Å²) >= 11 is 0. The molecule has 29 heavy (non-hydrogen) atoms. The zero-order valence-electron chi connectivity index (χ0n) is 17.3. The van der Waals surface area contributed by atoms with Crippen LogP contribution in [0.25, 0.3) is 0 Å². The van der Waals surface area contributed by atoms with Crippen molar-refractivity contribution in [3.63, 3.8) is 0 Å². The highest BCUT2D eigenvalue weighted by Crippen LogP contribution is 2.29. The lowest BCUT2D eigenvalue weighted by atomic mass is 10.1. The highest BCUT2D eigenvalue weighted by Gasteiger charge is 2.32. The highest BCUT2D eigenvalue weighted by atomic mass is 32.2. The van der Waals surface area contributed by atoms with Crippen molar-refractivity contribution in [2.75, 3.05) is 13.1 Å². The van der Waals surface area contributed by atoms with Gasteiger partial charge >= 0.3 is 0 Å². The van der Waals surface area contributed by atoms with Crippen molar-refractivity contribution in [1.82, 2.24) is 9.21 Å². The number of nitrogens with zero attached hydrogens (tertiary/aromatic N) is 2. The van der Waals surface area contributed by atoms with Crippen LogP contribution in [0.2, 0.25) is 0 Å². The summed E-state index contributed by atoms with van der Waals surface area (Å²) in [4.78, 5) is 15.1. The number of sulfonamides is 1. The average Bonchev–Trinajstić information content (AvgIpc) is 3.57. The number of hydrogen-bond acceptors (Lipinski definition) is 3. The fraction of sp³-hybridized carbons (Fsp3) is 0.435. The number of carbonyl (C=O) groups excluding carboxylic acids is 1. The minimum Gasteiger partial charge on any atom is -0.335 e. The van der Waals surface area contributed by atoms with Crippen molar-refractivity contribution in [1.29, 1.82) is 0 Å². The SMILES string of the molecule is CCN(CC)S(=O)(=O)c1ccc(CCC(=O)N(Cc2ccccc2)C2CC2)cc1. The zero-order valence-corrected chi connectivity index (χ0v) is 18.1. The van der Waals surface area contributed by atoms with Crippen molar-refractivity contribution < 1.29 is 13.2 Å². The molecule has 1 aliphatic rings. The molecule has 2 aromatic carbocycles. The van der Waals surface area contributed by atoms with Crippen molar-refractivity contribution >= 4 is 15.9 Å². The molecule has 6 heteroatoms. The first-order chi connectivity index (χ1) is 14.0. The molecule has 0 aliphatic heterocycles. The minimum atomic E-state index is -3.44. The Balaban J connectivity index is 1.61. The van der Waals surface area contributed by atoms with Gasteiger partial charge in [-0.1, -0.05) is 56.3 Å². The van der Waals surface area contributed by atoms with E-state index in [0.29, 0.717) is 43.4 Å². The van der Waals surface area contributed by atoms with Crippen LogP contribution in [0.4, 0.5) is 0 Å². The number of aryl methyl sites for hydroxylation is 1. The van der Waals surface area contributed by atoms with Gasteiger partial charge in [0, 0.05) is 32.1 Å². The molecule has 5 nitrogen and oxygen atoms in total. The Morgan fingerprint density at radius 3 is 2.10 bits per heavy atom. The van der Waals surface area contributed by atoms with Crippen LogP contribution < -0.4 is 0 Å². The first-order valence-corrected chi connectivity index (χ1v) is 11.8. The Morgan fingerprint density at radius 1 is 0.931 bits per heavy atom. The Bertz CT molecular complexity index is 903. The molecule has 0 saturated heterocycles. The summed E-state index contributed by atoms with van der Waals surface area (Å²) in [6.07, 6.45) is 3.21. The van der Waals surface area contributed by atoms with Gasteiger partial charge in [-0.25, -0.2) is 8.42 Å². The maximum absolute atomic E-state index is 12.8. The van der Waals surface area contributed by atoms with Gasteiger partial charge in [0.05, 0.1) is 4.90 Å². The third kappa shape index (κ3) is 5.46. The van der Waals surface area contributed by atoms with E-state index in [-0.39, 0.29) is 5.91 Å². The normalized spacial score (nSPS) is 14.2. The van der Waals surface area contributed by atoms with Gasteiger partial charge in [0.15, 0.2) is 0 Å². The molecule has 1 amide bonds. The van der Waals surface area contributed by atoms with Gasteiger partial charge in [-0.2, -0.15) is 4.31 Å². The van der Waals surface area contributed by atoms with Gasteiger partial charge in [-0.3, -0.25) is 4.79 Å². The van der Waals surface area contributed by atoms with E-state index >= 15 is 0 Å². The quantitative estimate of drug-likeness (QED) is 0.593. The van der Waals surface area contributed by atoms with E-state index in [9.17, 15) is 13.2 Å². The van der Waals surface area contributed by atoms with Crippen molar-refractivity contribution in [2.24, 2.45) is 0 Å². The first kappa shape index (κ1) is 21.5. The van der Waals surface area contributed by atoms with Gasteiger partial charge in [0.2, 0.25) is 15.9 Å². The third-order valence-electron chi connectivity index (χ3n) is 5.40. The maximum Gasteiger partial charge on any atom is 0.243 e. The minimum absolute atomic E-state index is 0.163. The van der Waals surface area contributed by atoms with Crippen LogP contribution in [0.3, 0.4) is 0 Å². The smallest absolute Gasteiger partial charge is 0.243 e. The number of rotatable bonds is 10. The third-order valence-corrected chi connectivity index (χ3v) is 7.46.